The maximum atomic E-state index is 14.2. The summed E-state index contributed by atoms with van der Waals surface area (Å²) in [5.41, 5.74) is 1.89. The predicted octanol–water partition coefficient (Wildman–Crippen LogP) is 6.61. The topological polar surface area (TPSA) is 86.8 Å². The third kappa shape index (κ3) is 8.96. The molecule has 42 heavy (non-hydrogen) atoms. The van der Waals surface area contributed by atoms with E-state index in [1.54, 1.807) is 0 Å². The third-order valence-electron chi connectivity index (χ3n) is 7.36. The molecule has 1 atom stereocenters. The average molecular weight is 696 g/mol. The first kappa shape index (κ1) is 32.3. The number of sulfonamides is 1. The highest BCUT2D eigenvalue weighted by atomic mass is 79.9. The van der Waals surface area contributed by atoms with Crippen molar-refractivity contribution < 1.29 is 18.0 Å². The molecule has 11 heteroatoms. The van der Waals surface area contributed by atoms with E-state index in [0.29, 0.717) is 0 Å². The minimum atomic E-state index is -3.90. The van der Waals surface area contributed by atoms with Crippen LogP contribution in [-0.4, -0.2) is 50.0 Å². The fraction of sp³-hybridized carbons (Fsp3) is 0.355. The smallest absolute Gasteiger partial charge is 0.244 e. The van der Waals surface area contributed by atoms with E-state index in [9.17, 15) is 18.0 Å². The number of amides is 2. The Morgan fingerprint density at radius 3 is 2.21 bits per heavy atom. The van der Waals surface area contributed by atoms with Gasteiger partial charge in [-0.25, -0.2) is 8.42 Å². The Hall–Kier alpha value is -2.59. The zero-order valence-electron chi connectivity index (χ0n) is 23.3. The summed E-state index contributed by atoms with van der Waals surface area (Å²) in [5, 5.41) is 3.62. The lowest BCUT2D eigenvalue weighted by Gasteiger charge is -2.35. The maximum absolute atomic E-state index is 14.2. The van der Waals surface area contributed by atoms with Gasteiger partial charge in [0.25, 0.3) is 0 Å². The normalized spacial score (nSPS) is 14.7. The molecule has 1 aliphatic carbocycles. The molecule has 0 aliphatic heterocycles. The van der Waals surface area contributed by atoms with Crippen LogP contribution in [0.2, 0.25) is 10.0 Å². The fourth-order valence-corrected chi connectivity index (χ4v) is 6.54. The lowest BCUT2D eigenvalue weighted by Crippen LogP contribution is -2.55. The molecule has 7 nitrogen and oxygen atoms in total. The molecule has 1 N–H and O–H groups in total. The monoisotopic (exact) mass is 693 g/mol. The van der Waals surface area contributed by atoms with Gasteiger partial charge in [-0.15, -0.1) is 0 Å². The van der Waals surface area contributed by atoms with E-state index in [0.717, 1.165) is 58.3 Å². The first-order chi connectivity index (χ1) is 20.0. The number of hydrogen-bond donors (Lipinski definition) is 1. The van der Waals surface area contributed by atoms with Crippen molar-refractivity contribution in [3.05, 3.63) is 98.4 Å². The summed E-state index contributed by atoms with van der Waals surface area (Å²) in [6.45, 7) is -0.407. The quantitative estimate of drug-likeness (QED) is 0.245. The molecule has 0 unspecified atom stereocenters. The molecule has 0 heterocycles. The minimum absolute atomic E-state index is 0.0397. The molecule has 4 rings (SSSR count). The molecule has 0 aromatic heterocycles. The van der Waals surface area contributed by atoms with Crippen molar-refractivity contribution in [2.45, 2.75) is 57.2 Å². The van der Waals surface area contributed by atoms with Gasteiger partial charge in [0.2, 0.25) is 21.8 Å². The van der Waals surface area contributed by atoms with Crippen LogP contribution in [0, 0.1) is 0 Å². The zero-order valence-corrected chi connectivity index (χ0v) is 27.2. The van der Waals surface area contributed by atoms with Crippen LogP contribution in [0.3, 0.4) is 0 Å². The second kappa shape index (κ2) is 14.7. The van der Waals surface area contributed by atoms with Crippen LogP contribution in [0.1, 0.15) is 43.2 Å². The summed E-state index contributed by atoms with van der Waals surface area (Å²) in [7, 11) is -3.90. The van der Waals surface area contributed by atoms with Crippen LogP contribution >= 0.6 is 39.1 Å². The highest BCUT2D eigenvalue weighted by Gasteiger charge is 2.34. The van der Waals surface area contributed by atoms with E-state index < -0.39 is 28.5 Å². The summed E-state index contributed by atoms with van der Waals surface area (Å²) < 4.78 is 27.7. The van der Waals surface area contributed by atoms with Crippen molar-refractivity contribution in [1.29, 1.82) is 0 Å². The van der Waals surface area contributed by atoms with Crippen molar-refractivity contribution in [2.75, 3.05) is 17.1 Å². The largest absolute Gasteiger partial charge is 0.352 e. The third-order valence-corrected chi connectivity index (χ3v) is 9.77. The Morgan fingerprint density at radius 1 is 0.929 bits per heavy atom. The van der Waals surface area contributed by atoms with E-state index in [1.807, 2.05) is 54.6 Å². The average Bonchev–Trinajstić information content (AvgIpc) is 2.96. The SMILES string of the molecule is CS(=O)(=O)N(CC(=O)N(Cc1ccc(Br)cc1)[C@@H](Cc1ccccc1)C(=O)NC1CCCCC1)c1ccc(Cl)c(Cl)c1. The molecule has 1 aliphatic rings. The number of rotatable bonds is 11. The van der Waals surface area contributed by atoms with Crippen molar-refractivity contribution in [3.63, 3.8) is 0 Å². The first-order valence-corrected chi connectivity index (χ1v) is 17.2. The van der Waals surface area contributed by atoms with Gasteiger partial charge in [0.05, 0.1) is 22.0 Å². The highest BCUT2D eigenvalue weighted by molar-refractivity contribution is 9.10. The van der Waals surface area contributed by atoms with Crippen molar-refractivity contribution in [3.8, 4) is 0 Å². The van der Waals surface area contributed by atoms with Gasteiger partial charge >= 0.3 is 0 Å². The molecule has 1 fully saturated rings. The Morgan fingerprint density at radius 2 is 1.60 bits per heavy atom. The summed E-state index contributed by atoms with van der Waals surface area (Å²) in [4.78, 5) is 29.7. The predicted molar refractivity (Wildman–Crippen MR) is 172 cm³/mol. The number of nitrogens with one attached hydrogen (secondary N) is 1. The Labute approximate surface area is 266 Å². The van der Waals surface area contributed by atoms with E-state index in [2.05, 4.69) is 21.2 Å². The summed E-state index contributed by atoms with van der Waals surface area (Å²) in [5.74, 6) is -0.772. The van der Waals surface area contributed by atoms with Gasteiger partial charge in [0.15, 0.2) is 0 Å². The molecule has 0 spiro atoms. The zero-order chi connectivity index (χ0) is 30.3. The lowest BCUT2D eigenvalue weighted by molar-refractivity contribution is -0.140. The van der Waals surface area contributed by atoms with Crippen molar-refractivity contribution in [1.82, 2.24) is 10.2 Å². The standard InChI is InChI=1S/C31H34BrCl2N3O4S/c1-42(40,41)37(26-16-17-27(33)28(34)19-26)21-30(38)36(20-23-12-14-24(32)15-13-23)29(18-22-8-4-2-5-9-22)31(39)35-25-10-6-3-7-11-25/h2,4-5,8-9,12-17,19,25,29H,3,6-7,10-11,18,20-21H2,1H3,(H,35,39)/t29-/m0/s1. The molecule has 0 saturated heterocycles. The van der Waals surface area contributed by atoms with Gasteiger partial charge in [0, 0.05) is 23.5 Å². The molecule has 2 amide bonds. The number of carbonyl (C=O) groups is 2. The second-order valence-electron chi connectivity index (χ2n) is 10.6. The second-order valence-corrected chi connectivity index (χ2v) is 14.2. The molecule has 0 radical (unpaired) electrons. The van der Waals surface area contributed by atoms with Crippen LogP contribution in [-0.2, 0) is 32.6 Å². The first-order valence-electron chi connectivity index (χ1n) is 13.8. The molecule has 0 bridgehead atoms. The molecule has 3 aromatic rings. The fourth-order valence-electron chi connectivity index (χ4n) is 5.14. The van der Waals surface area contributed by atoms with Crippen LogP contribution in [0.25, 0.3) is 0 Å². The van der Waals surface area contributed by atoms with Crippen LogP contribution in [0.15, 0.2) is 77.3 Å². The van der Waals surface area contributed by atoms with E-state index in [-0.39, 0.29) is 40.6 Å². The number of hydrogen-bond acceptors (Lipinski definition) is 4. The molecular weight excluding hydrogens is 661 g/mol. The van der Waals surface area contributed by atoms with Crippen LogP contribution in [0.4, 0.5) is 5.69 Å². The van der Waals surface area contributed by atoms with Gasteiger partial charge in [-0.3, -0.25) is 13.9 Å². The van der Waals surface area contributed by atoms with Gasteiger partial charge in [0.1, 0.15) is 12.6 Å². The summed E-state index contributed by atoms with van der Waals surface area (Å²) >= 11 is 15.7. The molecule has 224 valence electrons. The molecular formula is C31H34BrCl2N3O4S. The highest BCUT2D eigenvalue weighted by Crippen LogP contribution is 2.29. The summed E-state index contributed by atoms with van der Waals surface area (Å²) in [6.07, 6.45) is 6.31. The van der Waals surface area contributed by atoms with Crippen molar-refractivity contribution in [2.24, 2.45) is 0 Å². The van der Waals surface area contributed by atoms with Crippen LogP contribution < -0.4 is 9.62 Å². The Bertz CT molecular complexity index is 1480. The Kier molecular flexibility index (Phi) is 11.3. The maximum Gasteiger partial charge on any atom is 0.244 e. The summed E-state index contributed by atoms with van der Waals surface area (Å²) in [6, 6.07) is 20.5. The number of carbonyl (C=O) groups excluding carboxylic acids is 2. The lowest BCUT2D eigenvalue weighted by atomic mass is 9.94. The van der Waals surface area contributed by atoms with E-state index in [1.165, 1.54) is 23.1 Å². The van der Waals surface area contributed by atoms with Gasteiger partial charge in [-0.05, 0) is 54.3 Å². The minimum Gasteiger partial charge on any atom is -0.352 e. The molecule has 1 saturated carbocycles. The Balaban J connectivity index is 1.72. The van der Waals surface area contributed by atoms with Gasteiger partial charge in [-0.2, -0.15) is 0 Å². The number of nitrogens with zero attached hydrogens (tertiary/aromatic N) is 2. The van der Waals surface area contributed by atoms with E-state index >= 15 is 0 Å². The number of halogens is 3. The molecule has 3 aromatic carbocycles. The number of anilines is 1. The van der Waals surface area contributed by atoms with Crippen molar-refractivity contribution >= 4 is 66.7 Å². The van der Waals surface area contributed by atoms with Gasteiger partial charge in [-0.1, -0.05) is 101 Å². The van der Waals surface area contributed by atoms with Gasteiger partial charge < -0.3 is 10.2 Å². The van der Waals surface area contributed by atoms with Crippen LogP contribution in [0.5, 0.6) is 0 Å². The van der Waals surface area contributed by atoms with E-state index in [4.69, 9.17) is 23.2 Å². The number of benzene rings is 3.